The largest absolute Gasteiger partial charge is 0.545 e. The van der Waals surface area contributed by atoms with Crippen molar-refractivity contribution in [1.29, 1.82) is 0 Å². The normalized spacial score (nSPS) is 17.2. The molecule has 4 nitrogen and oxygen atoms in total. The van der Waals surface area contributed by atoms with Crippen molar-refractivity contribution in [3.8, 4) is 0 Å². The second-order valence-electron chi connectivity index (χ2n) is 6.81. The Balaban J connectivity index is 1.92. The number of carbonyl (C=O) groups excluding carboxylic acids is 1. The number of hydrogen-bond donors (Lipinski definition) is 1. The molecule has 0 saturated carbocycles. The lowest BCUT2D eigenvalue weighted by molar-refractivity contribution is -0.906. The predicted octanol–water partition coefficient (Wildman–Crippen LogP) is -0.199. The van der Waals surface area contributed by atoms with Crippen LogP contribution in [0.5, 0.6) is 0 Å². The van der Waals surface area contributed by atoms with E-state index in [4.69, 9.17) is 0 Å². The summed E-state index contributed by atoms with van der Waals surface area (Å²) in [4.78, 5) is 14.7. The summed E-state index contributed by atoms with van der Waals surface area (Å²) in [7, 11) is 0. The zero-order valence-electron chi connectivity index (χ0n) is 12.6. The van der Waals surface area contributed by atoms with Gasteiger partial charge in [0.15, 0.2) is 0 Å². The van der Waals surface area contributed by atoms with E-state index < -0.39 is 5.97 Å². The summed E-state index contributed by atoms with van der Waals surface area (Å²) in [6.45, 7) is 12.4. The molecule has 110 valence electrons. The molecule has 1 heterocycles. The fraction of sp³-hybridized carbons (Fsp3) is 0.562. The Morgan fingerprint density at radius 3 is 2.20 bits per heavy atom. The van der Waals surface area contributed by atoms with Crippen LogP contribution >= 0.6 is 0 Å². The second-order valence-corrected chi connectivity index (χ2v) is 6.81. The number of carbonyl (C=O) groups is 1. The smallest absolute Gasteiger partial charge is 0.0949 e. The van der Waals surface area contributed by atoms with Crippen molar-refractivity contribution in [3.05, 3.63) is 29.8 Å². The fourth-order valence-electron chi connectivity index (χ4n) is 2.82. The van der Waals surface area contributed by atoms with Crippen LogP contribution in [0.2, 0.25) is 0 Å². The van der Waals surface area contributed by atoms with E-state index in [1.165, 1.54) is 6.54 Å². The van der Waals surface area contributed by atoms with Gasteiger partial charge in [-0.2, -0.15) is 0 Å². The third kappa shape index (κ3) is 3.97. The van der Waals surface area contributed by atoms with Gasteiger partial charge >= 0.3 is 0 Å². The van der Waals surface area contributed by atoms with E-state index >= 15 is 0 Å². The van der Waals surface area contributed by atoms with Gasteiger partial charge in [-0.25, -0.2) is 0 Å². The van der Waals surface area contributed by atoms with Gasteiger partial charge in [-0.15, -0.1) is 0 Å². The van der Waals surface area contributed by atoms with Crippen LogP contribution in [0, 0.1) is 5.41 Å². The molecule has 0 unspecified atom stereocenters. The SMILES string of the molecule is CC(C)(C)C[NH+]1CCN(c2ccc(C(=O)[O-])cc2)CC1. The molecule has 1 aromatic carbocycles. The van der Waals surface area contributed by atoms with E-state index in [2.05, 4.69) is 25.7 Å². The lowest BCUT2D eigenvalue weighted by atomic mass is 9.96. The van der Waals surface area contributed by atoms with Crippen LogP contribution in [0.15, 0.2) is 24.3 Å². The van der Waals surface area contributed by atoms with Crippen molar-refractivity contribution in [1.82, 2.24) is 0 Å². The van der Waals surface area contributed by atoms with Gasteiger partial charge in [-0.1, -0.05) is 32.9 Å². The zero-order chi connectivity index (χ0) is 14.8. The monoisotopic (exact) mass is 276 g/mol. The van der Waals surface area contributed by atoms with Crippen LogP contribution in [0.25, 0.3) is 0 Å². The summed E-state index contributed by atoms with van der Waals surface area (Å²) in [6.07, 6.45) is 0. The van der Waals surface area contributed by atoms with Gasteiger partial charge in [-0.05, 0) is 17.7 Å². The highest BCUT2D eigenvalue weighted by molar-refractivity contribution is 5.86. The van der Waals surface area contributed by atoms with E-state index in [0.29, 0.717) is 5.41 Å². The highest BCUT2D eigenvalue weighted by Crippen LogP contribution is 2.15. The molecule has 1 fully saturated rings. The minimum absolute atomic E-state index is 0.241. The Hall–Kier alpha value is -1.55. The molecule has 0 amide bonds. The first-order valence-electron chi connectivity index (χ1n) is 7.25. The Labute approximate surface area is 121 Å². The average molecular weight is 276 g/mol. The van der Waals surface area contributed by atoms with E-state index in [0.717, 1.165) is 31.9 Å². The van der Waals surface area contributed by atoms with Crippen LogP contribution in [0.1, 0.15) is 31.1 Å². The minimum atomic E-state index is -1.11. The first-order valence-corrected chi connectivity index (χ1v) is 7.25. The average Bonchev–Trinajstić information content (AvgIpc) is 2.38. The third-order valence-electron chi connectivity index (χ3n) is 3.72. The van der Waals surface area contributed by atoms with Gasteiger partial charge in [0.2, 0.25) is 0 Å². The molecule has 1 aliphatic heterocycles. The number of nitrogens with one attached hydrogen (secondary N) is 1. The predicted molar refractivity (Wildman–Crippen MR) is 78.0 cm³/mol. The fourth-order valence-corrected chi connectivity index (χ4v) is 2.82. The number of rotatable bonds is 3. The molecule has 1 N–H and O–H groups in total. The zero-order valence-corrected chi connectivity index (χ0v) is 12.6. The second kappa shape index (κ2) is 5.83. The van der Waals surface area contributed by atoms with Crippen molar-refractivity contribution < 1.29 is 14.8 Å². The van der Waals surface area contributed by atoms with E-state index in [-0.39, 0.29) is 5.56 Å². The standard InChI is InChI=1S/C16H24N2O2/c1-16(2,3)12-17-8-10-18(11-9-17)14-6-4-13(5-7-14)15(19)20/h4-7H,8-12H2,1-3H3,(H,19,20). The quantitative estimate of drug-likeness (QED) is 0.832. The molecule has 2 rings (SSSR count). The lowest BCUT2D eigenvalue weighted by Gasteiger charge is -2.36. The van der Waals surface area contributed by atoms with Crippen molar-refractivity contribution in [2.45, 2.75) is 20.8 Å². The Morgan fingerprint density at radius 1 is 1.20 bits per heavy atom. The van der Waals surface area contributed by atoms with Crippen molar-refractivity contribution in [2.24, 2.45) is 5.41 Å². The Morgan fingerprint density at radius 2 is 1.75 bits per heavy atom. The van der Waals surface area contributed by atoms with Gasteiger partial charge in [0.1, 0.15) is 0 Å². The first-order chi connectivity index (χ1) is 9.35. The number of carboxylic acids is 1. The highest BCUT2D eigenvalue weighted by atomic mass is 16.4. The molecule has 0 atom stereocenters. The van der Waals surface area contributed by atoms with Crippen molar-refractivity contribution in [3.63, 3.8) is 0 Å². The maximum Gasteiger partial charge on any atom is 0.0949 e. The lowest BCUT2D eigenvalue weighted by Crippen LogP contribution is -3.15. The number of quaternary nitrogens is 1. The minimum Gasteiger partial charge on any atom is -0.545 e. The molecule has 4 heteroatoms. The molecule has 1 aromatic rings. The van der Waals surface area contributed by atoms with Gasteiger partial charge in [0.05, 0.1) is 38.7 Å². The van der Waals surface area contributed by atoms with Crippen LogP contribution < -0.4 is 14.9 Å². The molecule has 1 aliphatic rings. The first kappa shape index (κ1) is 14.9. The molecule has 0 radical (unpaired) electrons. The van der Waals surface area contributed by atoms with Gasteiger partial charge in [0, 0.05) is 11.1 Å². The molecular weight excluding hydrogens is 252 g/mol. The maximum absolute atomic E-state index is 10.7. The third-order valence-corrected chi connectivity index (χ3v) is 3.72. The van der Waals surface area contributed by atoms with Gasteiger partial charge in [0.25, 0.3) is 0 Å². The van der Waals surface area contributed by atoms with Gasteiger partial charge in [-0.3, -0.25) is 0 Å². The maximum atomic E-state index is 10.7. The van der Waals surface area contributed by atoms with Crippen LogP contribution in [-0.4, -0.2) is 38.7 Å². The molecule has 0 spiro atoms. The molecule has 0 aromatic heterocycles. The molecular formula is C16H24N2O2. The van der Waals surface area contributed by atoms with E-state index in [9.17, 15) is 9.90 Å². The van der Waals surface area contributed by atoms with Crippen LogP contribution in [0.3, 0.4) is 0 Å². The number of piperazine rings is 1. The number of anilines is 1. The Bertz CT molecular complexity index is 454. The summed E-state index contributed by atoms with van der Waals surface area (Å²) < 4.78 is 0. The summed E-state index contributed by atoms with van der Waals surface area (Å²) >= 11 is 0. The van der Waals surface area contributed by atoms with Crippen LogP contribution in [-0.2, 0) is 0 Å². The number of benzene rings is 1. The summed E-state index contributed by atoms with van der Waals surface area (Å²) in [5.74, 6) is -1.11. The van der Waals surface area contributed by atoms with E-state index in [1.54, 1.807) is 17.0 Å². The summed E-state index contributed by atoms with van der Waals surface area (Å²) in [5, 5.41) is 10.7. The van der Waals surface area contributed by atoms with Crippen molar-refractivity contribution >= 4 is 11.7 Å². The number of aromatic carboxylic acids is 1. The Kier molecular flexibility index (Phi) is 4.33. The van der Waals surface area contributed by atoms with Crippen molar-refractivity contribution in [2.75, 3.05) is 37.6 Å². The molecule has 0 bridgehead atoms. The highest BCUT2D eigenvalue weighted by Gasteiger charge is 2.24. The number of hydrogen-bond acceptors (Lipinski definition) is 3. The molecule has 20 heavy (non-hydrogen) atoms. The summed E-state index contributed by atoms with van der Waals surface area (Å²) in [6, 6.07) is 7.00. The number of carboxylic acid groups (broad SMARTS) is 1. The number of nitrogens with zero attached hydrogens (tertiary/aromatic N) is 1. The van der Waals surface area contributed by atoms with Crippen LogP contribution in [0.4, 0.5) is 5.69 Å². The topological polar surface area (TPSA) is 47.8 Å². The van der Waals surface area contributed by atoms with Gasteiger partial charge < -0.3 is 19.7 Å². The summed E-state index contributed by atoms with van der Waals surface area (Å²) in [5.41, 5.74) is 1.71. The van der Waals surface area contributed by atoms with E-state index in [1.807, 2.05) is 12.1 Å². The molecule has 1 saturated heterocycles. The molecule has 0 aliphatic carbocycles.